The molecule has 0 saturated heterocycles. The second-order valence-corrected chi connectivity index (χ2v) is 3.76. The van der Waals surface area contributed by atoms with Gasteiger partial charge in [-0.1, -0.05) is 18.2 Å². The van der Waals surface area contributed by atoms with Gasteiger partial charge in [0.1, 0.15) is 11.9 Å². The first-order valence-electron chi connectivity index (χ1n) is 5.21. The van der Waals surface area contributed by atoms with Crippen LogP contribution in [0.4, 0.5) is 9.18 Å². The van der Waals surface area contributed by atoms with Gasteiger partial charge in [-0.3, -0.25) is 0 Å². The number of benzene rings is 1. The summed E-state index contributed by atoms with van der Waals surface area (Å²) in [7, 11) is 0. The predicted molar refractivity (Wildman–Crippen MR) is 59.8 cm³/mol. The molecule has 0 spiro atoms. The van der Waals surface area contributed by atoms with Crippen LogP contribution in [-0.4, -0.2) is 23.8 Å². The topological polar surface area (TPSA) is 58.6 Å². The Kier molecular flexibility index (Phi) is 3.27. The first-order chi connectivity index (χ1) is 8.20. The van der Waals surface area contributed by atoms with Crippen molar-refractivity contribution < 1.29 is 19.0 Å². The molecule has 17 heavy (non-hydrogen) atoms. The third kappa shape index (κ3) is 2.55. The summed E-state index contributed by atoms with van der Waals surface area (Å²) < 4.78 is 18.3. The number of ether oxygens (including phenoxy) is 1. The lowest BCUT2D eigenvalue weighted by Crippen LogP contribution is -2.29. The molecule has 2 rings (SSSR count). The van der Waals surface area contributed by atoms with Crippen molar-refractivity contribution in [3.8, 4) is 5.75 Å². The molecule has 1 aromatic rings. The van der Waals surface area contributed by atoms with E-state index in [1.165, 1.54) is 0 Å². The van der Waals surface area contributed by atoms with E-state index < -0.39 is 12.2 Å². The number of fused-ring (bicyclic) bond motifs is 1. The van der Waals surface area contributed by atoms with Crippen molar-refractivity contribution >= 4 is 6.09 Å². The maximum absolute atomic E-state index is 12.7. The molecule has 1 heterocycles. The summed E-state index contributed by atoms with van der Waals surface area (Å²) in [5, 5.41) is 10.6. The largest absolute Gasteiger partial charge is 0.485 e. The Labute approximate surface area is 97.7 Å². The van der Waals surface area contributed by atoms with Gasteiger partial charge in [0.05, 0.1) is 6.33 Å². The summed E-state index contributed by atoms with van der Waals surface area (Å²) >= 11 is 0. The first kappa shape index (κ1) is 11.4. The third-order valence-corrected chi connectivity index (χ3v) is 2.64. The second-order valence-electron chi connectivity index (χ2n) is 3.76. The molecule has 90 valence electrons. The molecule has 1 unspecified atom stereocenters. The highest BCUT2D eigenvalue weighted by Crippen LogP contribution is 2.30. The molecule has 1 aliphatic rings. The van der Waals surface area contributed by atoms with Crippen LogP contribution < -0.4 is 10.1 Å². The van der Waals surface area contributed by atoms with Crippen molar-refractivity contribution in [1.29, 1.82) is 0 Å². The van der Waals surface area contributed by atoms with Gasteiger partial charge in [0, 0.05) is 18.5 Å². The van der Waals surface area contributed by atoms with Crippen LogP contribution in [-0.2, 0) is 6.42 Å². The van der Waals surface area contributed by atoms with Crippen LogP contribution in [0.2, 0.25) is 0 Å². The molecule has 2 N–H and O–H groups in total. The minimum absolute atomic E-state index is 0.0650. The van der Waals surface area contributed by atoms with Gasteiger partial charge >= 0.3 is 6.09 Å². The number of halogens is 1. The number of amides is 1. The molecule has 5 heteroatoms. The molecule has 1 atom stereocenters. The van der Waals surface area contributed by atoms with Gasteiger partial charge < -0.3 is 15.2 Å². The first-order valence-corrected chi connectivity index (χ1v) is 5.21. The van der Waals surface area contributed by atoms with Crippen molar-refractivity contribution in [2.24, 2.45) is 0 Å². The molecule has 1 amide bonds. The van der Waals surface area contributed by atoms with Gasteiger partial charge in [-0.2, -0.15) is 0 Å². The van der Waals surface area contributed by atoms with Crippen molar-refractivity contribution in [1.82, 2.24) is 5.32 Å². The normalized spacial score (nSPS) is 18.4. The van der Waals surface area contributed by atoms with Crippen LogP contribution in [0, 0.1) is 0 Å². The molecule has 0 bridgehead atoms. The van der Waals surface area contributed by atoms with Gasteiger partial charge in [-0.25, -0.2) is 9.18 Å². The fourth-order valence-corrected chi connectivity index (χ4v) is 1.79. The lowest BCUT2D eigenvalue weighted by atomic mass is 10.1. The van der Waals surface area contributed by atoms with Gasteiger partial charge in [-0.05, 0) is 11.6 Å². The van der Waals surface area contributed by atoms with Crippen molar-refractivity contribution in [3.63, 3.8) is 0 Å². The van der Waals surface area contributed by atoms with Crippen LogP contribution in [0.5, 0.6) is 5.75 Å². The number of hydrogen-bond acceptors (Lipinski definition) is 2. The molecule has 0 radical (unpaired) electrons. The molecule has 1 aliphatic heterocycles. The standard InChI is InChI=1S/C12H12FNO3/c13-6-9(7-14-12(15)16)11-5-8-3-1-2-4-10(8)17-11/h1-4,6,11,14H,5,7H2,(H,15,16)/b9-6+. The average Bonchev–Trinajstić information content (AvgIpc) is 2.72. The SMILES string of the molecule is O=C(O)NC/C(=C\F)C1Cc2ccccc2O1. The molecular weight excluding hydrogens is 225 g/mol. The minimum Gasteiger partial charge on any atom is -0.485 e. The molecule has 1 aromatic carbocycles. The quantitative estimate of drug-likeness (QED) is 0.846. The van der Waals surface area contributed by atoms with E-state index in [0.29, 0.717) is 18.3 Å². The van der Waals surface area contributed by atoms with E-state index in [1.54, 1.807) is 0 Å². The fraction of sp³-hybridized carbons (Fsp3) is 0.250. The number of hydrogen-bond donors (Lipinski definition) is 2. The highest BCUT2D eigenvalue weighted by atomic mass is 19.1. The number of carboxylic acid groups (broad SMARTS) is 1. The smallest absolute Gasteiger partial charge is 0.404 e. The average molecular weight is 237 g/mol. The van der Waals surface area contributed by atoms with Crippen LogP contribution in [0.15, 0.2) is 36.2 Å². The zero-order chi connectivity index (χ0) is 12.3. The summed E-state index contributed by atoms with van der Waals surface area (Å²) in [5.74, 6) is 0.729. The summed E-state index contributed by atoms with van der Waals surface area (Å²) in [6, 6.07) is 7.46. The Bertz CT molecular complexity index is 434. The van der Waals surface area contributed by atoms with Crippen molar-refractivity contribution in [2.75, 3.05) is 6.54 Å². The zero-order valence-electron chi connectivity index (χ0n) is 9.02. The van der Waals surface area contributed by atoms with Crippen LogP contribution in [0.1, 0.15) is 5.56 Å². The molecule has 0 aromatic heterocycles. The highest BCUT2D eigenvalue weighted by molar-refractivity contribution is 5.64. The molecule has 0 aliphatic carbocycles. The van der Waals surface area contributed by atoms with Gasteiger partial charge in [-0.15, -0.1) is 0 Å². The van der Waals surface area contributed by atoms with E-state index in [9.17, 15) is 9.18 Å². The summed E-state index contributed by atoms with van der Waals surface area (Å²) in [6.07, 6.45) is -0.635. The van der Waals surface area contributed by atoms with Gasteiger partial charge in [0.15, 0.2) is 0 Å². The van der Waals surface area contributed by atoms with E-state index >= 15 is 0 Å². The molecule has 0 saturated carbocycles. The Morgan fingerprint density at radius 2 is 2.35 bits per heavy atom. The van der Waals surface area contributed by atoms with Crippen LogP contribution >= 0.6 is 0 Å². The maximum Gasteiger partial charge on any atom is 0.404 e. The van der Waals surface area contributed by atoms with Crippen molar-refractivity contribution in [3.05, 3.63) is 41.7 Å². The Morgan fingerprint density at radius 3 is 3.00 bits per heavy atom. The molecule has 0 fully saturated rings. The Morgan fingerprint density at radius 1 is 1.59 bits per heavy atom. The Hall–Kier alpha value is -2.04. The molecule has 4 nitrogen and oxygen atoms in total. The summed E-state index contributed by atoms with van der Waals surface area (Å²) in [5.41, 5.74) is 1.30. The van der Waals surface area contributed by atoms with Crippen molar-refractivity contribution in [2.45, 2.75) is 12.5 Å². The van der Waals surface area contributed by atoms with E-state index in [1.807, 2.05) is 24.3 Å². The van der Waals surface area contributed by atoms with E-state index in [0.717, 1.165) is 11.3 Å². The van der Waals surface area contributed by atoms with E-state index in [-0.39, 0.29) is 6.54 Å². The number of nitrogens with one attached hydrogen (secondary N) is 1. The van der Waals surface area contributed by atoms with Gasteiger partial charge in [0.25, 0.3) is 0 Å². The van der Waals surface area contributed by atoms with Gasteiger partial charge in [0.2, 0.25) is 0 Å². The number of carbonyl (C=O) groups is 1. The Balaban J connectivity index is 2.03. The number of rotatable bonds is 3. The van der Waals surface area contributed by atoms with E-state index in [2.05, 4.69) is 5.32 Å². The highest BCUT2D eigenvalue weighted by Gasteiger charge is 2.26. The molecular formula is C12H12FNO3. The zero-order valence-corrected chi connectivity index (χ0v) is 9.02. The number of para-hydroxylation sites is 1. The lowest BCUT2D eigenvalue weighted by Gasteiger charge is -2.13. The monoisotopic (exact) mass is 237 g/mol. The third-order valence-electron chi connectivity index (χ3n) is 2.64. The predicted octanol–water partition coefficient (Wildman–Crippen LogP) is 2.11. The van der Waals surface area contributed by atoms with Crippen LogP contribution in [0.3, 0.4) is 0 Å². The second kappa shape index (κ2) is 4.86. The fourth-order valence-electron chi connectivity index (χ4n) is 1.79. The minimum atomic E-state index is -1.18. The maximum atomic E-state index is 12.7. The summed E-state index contributed by atoms with van der Waals surface area (Å²) in [4.78, 5) is 10.4. The van der Waals surface area contributed by atoms with E-state index in [4.69, 9.17) is 9.84 Å². The van der Waals surface area contributed by atoms with Crippen LogP contribution in [0.25, 0.3) is 0 Å². The summed E-state index contributed by atoms with van der Waals surface area (Å²) in [6.45, 7) is -0.0650. The lowest BCUT2D eigenvalue weighted by molar-refractivity contribution is 0.194.